The molecule has 1 fully saturated rings. The number of aryl methyl sites for hydroxylation is 3. The second-order valence-corrected chi connectivity index (χ2v) is 8.71. The molecule has 1 aromatic carbocycles. The minimum atomic E-state index is 0.159. The molecule has 1 amide bonds. The normalized spacial score (nSPS) is 14.7. The van der Waals surface area contributed by atoms with Crippen molar-refractivity contribution in [1.82, 2.24) is 20.0 Å². The molecule has 0 bridgehead atoms. The van der Waals surface area contributed by atoms with Gasteiger partial charge in [-0.2, -0.15) is 0 Å². The molecule has 1 aliphatic rings. The van der Waals surface area contributed by atoms with Gasteiger partial charge in [0.05, 0.1) is 7.11 Å². The molecule has 8 heteroatoms. The lowest BCUT2D eigenvalue weighted by Crippen LogP contribution is -2.48. The number of hydrogen-bond acceptors (Lipinski definition) is 7. The van der Waals surface area contributed by atoms with Crippen molar-refractivity contribution in [2.45, 2.75) is 32.2 Å². The summed E-state index contributed by atoms with van der Waals surface area (Å²) in [5.74, 6) is 2.14. The minimum absolute atomic E-state index is 0.159. The molecule has 0 spiro atoms. The van der Waals surface area contributed by atoms with E-state index in [1.54, 1.807) is 18.4 Å². The van der Waals surface area contributed by atoms with Gasteiger partial charge in [0.15, 0.2) is 0 Å². The van der Waals surface area contributed by atoms with Crippen LogP contribution in [0.5, 0.6) is 5.75 Å². The third-order valence-electron chi connectivity index (χ3n) is 5.51. The van der Waals surface area contributed by atoms with Gasteiger partial charge in [-0.3, -0.25) is 9.69 Å². The van der Waals surface area contributed by atoms with Crippen LogP contribution in [0.15, 0.2) is 46.2 Å². The van der Waals surface area contributed by atoms with E-state index in [0.717, 1.165) is 50.5 Å². The fourth-order valence-electron chi connectivity index (χ4n) is 3.72. The molecule has 0 unspecified atom stereocenters. The van der Waals surface area contributed by atoms with Gasteiger partial charge in [-0.1, -0.05) is 18.2 Å². The Hall–Kier alpha value is -2.71. The van der Waals surface area contributed by atoms with Crippen molar-refractivity contribution in [3.63, 3.8) is 0 Å². The van der Waals surface area contributed by atoms with Gasteiger partial charge < -0.3 is 14.1 Å². The van der Waals surface area contributed by atoms with Gasteiger partial charge in [-0.15, -0.1) is 21.5 Å². The van der Waals surface area contributed by atoms with Gasteiger partial charge in [0, 0.05) is 56.9 Å². The second kappa shape index (κ2) is 10.5. The zero-order valence-electron chi connectivity index (χ0n) is 17.8. The van der Waals surface area contributed by atoms with Crippen molar-refractivity contribution in [1.29, 1.82) is 0 Å². The maximum atomic E-state index is 12.6. The number of thiophene rings is 1. The molecule has 0 aliphatic carbocycles. The zero-order valence-corrected chi connectivity index (χ0v) is 18.6. The first-order chi connectivity index (χ1) is 15.2. The highest BCUT2D eigenvalue weighted by Crippen LogP contribution is 2.16. The van der Waals surface area contributed by atoms with Crippen LogP contribution in [0, 0.1) is 0 Å². The Bertz CT molecular complexity index is 965. The van der Waals surface area contributed by atoms with Crippen molar-refractivity contribution >= 4 is 17.2 Å². The standard InChI is InChI=1S/C23H28N4O3S/c1-29-19-5-2-4-18(16-19)7-8-21-24-25-22(30-21)9-10-23(28)27-13-11-26(12-14-27)17-20-6-3-15-31-20/h2-6,15-16H,7-14,17H2,1H3. The number of carbonyl (C=O) groups excluding carboxylic acids is 1. The Labute approximate surface area is 186 Å². The third-order valence-corrected chi connectivity index (χ3v) is 6.37. The molecule has 0 atom stereocenters. The van der Waals surface area contributed by atoms with Crippen molar-refractivity contribution in [3.8, 4) is 5.75 Å². The molecule has 31 heavy (non-hydrogen) atoms. The smallest absolute Gasteiger partial charge is 0.223 e. The molecule has 0 radical (unpaired) electrons. The Morgan fingerprint density at radius 1 is 1.06 bits per heavy atom. The van der Waals surface area contributed by atoms with Crippen LogP contribution in [0.4, 0.5) is 0 Å². The van der Waals surface area contributed by atoms with E-state index in [1.807, 2.05) is 23.1 Å². The Morgan fingerprint density at radius 2 is 1.87 bits per heavy atom. The van der Waals surface area contributed by atoms with Crippen molar-refractivity contribution < 1.29 is 13.9 Å². The van der Waals surface area contributed by atoms with Gasteiger partial charge in [0.1, 0.15) is 5.75 Å². The topological polar surface area (TPSA) is 71.7 Å². The number of carbonyl (C=O) groups is 1. The summed E-state index contributed by atoms with van der Waals surface area (Å²) in [5, 5.41) is 10.4. The average Bonchev–Trinajstić information content (AvgIpc) is 3.49. The van der Waals surface area contributed by atoms with E-state index in [2.05, 4.69) is 38.7 Å². The van der Waals surface area contributed by atoms with Crippen molar-refractivity contribution in [2.75, 3.05) is 33.3 Å². The lowest BCUT2D eigenvalue weighted by Gasteiger charge is -2.34. The molecular formula is C23H28N4O3S. The molecule has 4 rings (SSSR count). The molecule has 164 valence electrons. The zero-order chi connectivity index (χ0) is 21.5. The quantitative estimate of drug-likeness (QED) is 0.509. The van der Waals surface area contributed by atoms with E-state index in [9.17, 15) is 4.79 Å². The fraction of sp³-hybridized carbons (Fsp3) is 0.435. The van der Waals surface area contributed by atoms with Crippen LogP contribution >= 0.6 is 11.3 Å². The predicted molar refractivity (Wildman–Crippen MR) is 119 cm³/mol. The van der Waals surface area contributed by atoms with Crippen LogP contribution in [0.1, 0.15) is 28.6 Å². The predicted octanol–water partition coefficient (Wildman–Crippen LogP) is 3.20. The number of amides is 1. The first-order valence-corrected chi connectivity index (χ1v) is 11.5. The highest BCUT2D eigenvalue weighted by atomic mass is 32.1. The third kappa shape index (κ3) is 6.15. The first kappa shape index (κ1) is 21.5. The largest absolute Gasteiger partial charge is 0.497 e. The van der Waals surface area contributed by atoms with Crippen LogP contribution in [0.25, 0.3) is 0 Å². The van der Waals surface area contributed by atoms with Crippen LogP contribution in [0.2, 0.25) is 0 Å². The number of rotatable bonds is 9. The van der Waals surface area contributed by atoms with Crippen molar-refractivity contribution in [3.05, 3.63) is 64.0 Å². The molecule has 3 heterocycles. The number of ether oxygens (including phenoxy) is 1. The van der Waals surface area contributed by atoms with Crippen LogP contribution in [0.3, 0.4) is 0 Å². The maximum absolute atomic E-state index is 12.6. The van der Waals surface area contributed by atoms with E-state index < -0.39 is 0 Å². The van der Waals surface area contributed by atoms with E-state index in [1.165, 1.54) is 4.88 Å². The summed E-state index contributed by atoms with van der Waals surface area (Å²) in [6.07, 6.45) is 2.36. The van der Waals surface area contributed by atoms with Gasteiger partial charge in [-0.25, -0.2) is 0 Å². The fourth-order valence-corrected chi connectivity index (χ4v) is 4.47. The molecule has 0 N–H and O–H groups in total. The van der Waals surface area contributed by atoms with Gasteiger partial charge in [0.2, 0.25) is 17.7 Å². The Balaban J connectivity index is 1.18. The number of piperazine rings is 1. The van der Waals surface area contributed by atoms with Crippen molar-refractivity contribution in [2.24, 2.45) is 0 Å². The molecule has 3 aromatic rings. The van der Waals surface area contributed by atoms with Gasteiger partial charge in [-0.05, 0) is 35.6 Å². The molecular weight excluding hydrogens is 412 g/mol. The SMILES string of the molecule is COc1cccc(CCc2nnc(CCC(=O)N3CCN(Cc4cccs4)CC3)o2)c1. The lowest BCUT2D eigenvalue weighted by atomic mass is 10.1. The maximum Gasteiger partial charge on any atom is 0.223 e. The van der Waals surface area contributed by atoms with Gasteiger partial charge >= 0.3 is 0 Å². The molecule has 7 nitrogen and oxygen atoms in total. The van der Waals surface area contributed by atoms with Crippen LogP contribution < -0.4 is 4.74 Å². The first-order valence-electron chi connectivity index (χ1n) is 10.7. The number of nitrogens with zero attached hydrogens (tertiary/aromatic N) is 4. The van der Waals surface area contributed by atoms with Crippen LogP contribution in [-0.4, -0.2) is 59.2 Å². The van der Waals surface area contributed by atoms with E-state index in [-0.39, 0.29) is 5.91 Å². The Morgan fingerprint density at radius 3 is 2.61 bits per heavy atom. The van der Waals surface area contributed by atoms with E-state index in [4.69, 9.17) is 9.15 Å². The molecule has 0 saturated carbocycles. The molecule has 1 aliphatic heterocycles. The summed E-state index contributed by atoms with van der Waals surface area (Å²) < 4.78 is 11.0. The van der Waals surface area contributed by atoms with Crippen LogP contribution in [-0.2, 0) is 30.6 Å². The summed E-state index contributed by atoms with van der Waals surface area (Å²) in [6, 6.07) is 12.2. The van der Waals surface area contributed by atoms with Gasteiger partial charge in [0.25, 0.3) is 0 Å². The molecule has 2 aromatic heterocycles. The number of benzene rings is 1. The molecule has 1 saturated heterocycles. The van der Waals surface area contributed by atoms with E-state index in [0.29, 0.717) is 31.0 Å². The minimum Gasteiger partial charge on any atom is -0.497 e. The summed E-state index contributed by atoms with van der Waals surface area (Å²) in [6.45, 7) is 4.36. The average molecular weight is 441 g/mol. The van der Waals surface area contributed by atoms with E-state index >= 15 is 0 Å². The summed E-state index contributed by atoms with van der Waals surface area (Å²) in [5.41, 5.74) is 1.16. The monoisotopic (exact) mass is 440 g/mol. The summed E-state index contributed by atoms with van der Waals surface area (Å²) >= 11 is 1.78. The summed E-state index contributed by atoms with van der Waals surface area (Å²) in [7, 11) is 1.66. The number of hydrogen-bond donors (Lipinski definition) is 0. The summed E-state index contributed by atoms with van der Waals surface area (Å²) in [4.78, 5) is 18.3. The number of aromatic nitrogens is 2. The lowest BCUT2D eigenvalue weighted by molar-refractivity contribution is -0.133. The Kier molecular flexibility index (Phi) is 7.32. The highest BCUT2D eigenvalue weighted by molar-refractivity contribution is 7.09. The second-order valence-electron chi connectivity index (χ2n) is 7.68. The highest BCUT2D eigenvalue weighted by Gasteiger charge is 2.21. The number of methoxy groups -OCH3 is 1.